The molecule has 0 unspecified atom stereocenters. The Balaban J connectivity index is 2.28. The van der Waals surface area contributed by atoms with E-state index in [1.807, 2.05) is 31.2 Å². The average Bonchev–Trinajstić information content (AvgIpc) is 2.78. The predicted molar refractivity (Wildman–Crippen MR) is 55.7 cm³/mol. The van der Waals surface area contributed by atoms with Gasteiger partial charge in [-0.25, -0.2) is 0 Å². The van der Waals surface area contributed by atoms with Crippen molar-refractivity contribution in [2.45, 2.75) is 13.3 Å². The zero-order valence-corrected chi connectivity index (χ0v) is 8.73. The quantitative estimate of drug-likeness (QED) is 0.769. The van der Waals surface area contributed by atoms with Gasteiger partial charge in [-0.2, -0.15) is 4.98 Å². The number of nitrogens with zero attached hydrogens (tertiary/aromatic N) is 2. The third-order valence-electron chi connectivity index (χ3n) is 2.12. The highest BCUT2D eigenvalue weighted by atomic mass is 16.5. The summed E-state index contributed by atoms with van der Waals surface area (Å²) in [5.74, 6) is 2.09. The maximum Gasteiger partial charge on any atom is 0.257 e. The van der Waals surface area contributed by atoms with Gasteiger partial charge < -0.3 is 9.26 Å². The van der Waals surface area contributed by atoms with Crippen molar-refractivity contribution in [2.24, 2.45) is 0 Å². The molecule has 0 spiro atoms. The Morgan fingerprint density at radius 1 is 1.27 bits per heavy atom. The van der Waals surface area contributed by atoms with Crippen molar-refractivity contribution in [2.75, 3.05) is 7.11 Å². The van der Waals surface area contributed by atoms with Gasteiger partial charge in [0.15, 0.2) is 5.82 Å². The fraction of sp³-hybridized carbons (Fsp3) is 0.273. The smallest absolute Gasteiger partial charge is 0.257 e. The van der Waals surface area contributed by atoms with Crippen LogP contribution in [0, 0.1) is 0 Å². The molecule has 0 N–H and O–H groups in total. The molecule has 0 aliphatic carbocycles. The van der Waals surface area contributed by atoms with Crippen molar-refractivity contribution < 1.29 is 9.26 Å². The van der Waals surface area contributed by atoms with Crippen molar-refractivity contribution in [1.82, 2.24) is 10.1 Å². The molecule has 0 saturated carbocycles. The fourth-order valence-corrected chi connectivity index (χ4v) is 1.25. The van der Waals surface area contributed by atoms with Gasteiger partial charge in [0.05, 0.1) is 7.11 Å². The standard InChI is InChI=1S/C11H12N2O2/c1-3-10-12-11(15-13-10)8-4-6-9(14-2)7-5-8/h4-7H,3H2,1-2H3. The zero-order chi connectivity index (χ0) is 10.7. The molecular weight excluding hydrogens is 192 g/mol. The summed E-state index contributed by atoms with van der Waals surface area (Å²) in [7, 11) is 1.64. The molecule has 78 valence electrons. The maximum atomic E-state index is 5.11. The second kappa shape index (κ2) is 4.13. The van der Waals surface area contributed by atoms with Crippen LogP contribution in [0.1, 0.15) is 12.7 Å². The number of methoxy groups -OCH3 is 1. The Labute approximate surface area is 87.9 Å². The summed E-state index contributed by atoms with van der Waals surface area (Å²) in [6.07, 6.45) is 0.777. The first-order chi connectivity index (χ1) is 7.33. The third kappa shape index (κ3) is 1.98. The second-order valence-corrected chi connectivity index (χ2v) is 3.10. The molecule has 4 heteroatoms. The molecule has 4 nitrogen and oxygen atoms in total. The van der Waals surface area contributed by atoms with E-state index in [1.54, 1.807) is 7.11 Å². The van der Waals surface area contributed by atoms with E-state index in [0.29, 0.717) is 5.89 Å². The van der Waals surface area contributed by atoms with Gasteiger partial charge in [0, 0.05) is 12.0 Å². The summed E-state index contributed by atoms with van der Waals surface area (Å²) in [5.41, 5.74) is 0.906. The topological polar surface area (TPSA) is 48.2 Å². The fourth-order valence-electron chi connectivity index (χ4n) is 1.25. The number of hydrogen-bond donors (Lipinski definition) is 0. The van der Waals surface area contributed by atoms with Gasteiger partial charge in [0.25, 0.3) is 5.89 Å². The Morgan fingerprint density at radius 3 is 2.53 bits per heavy atom. The van der Waals surface area contributed by atoms with Crippen LogP contribution in [0.3, 0.4) is 0 Å². The Morgan fingerprint density at radius 2 is 2.00 bits per heavy atom. The minimum absolute atomic E-state index is 0.550. The van der Waals surface area contributed by atoms with Crippen LogP contribution < -0.4 is 4.74 Å². The second-order valence-electron chi connectivity index (χ2n) is 3.10. The predicted octanol–water partition coefficient (Wildman–Crippen LogP) is 2.31. The number of aryl methyl sites for hydroxylation is 1. The van der Waals surface area contributed by atoms with Gasteiger partial charge in [-0.05, 0) is 24.3 Å². The summed E-state index contributed by atoms with van der Waals surface area (Å²) in [6, 6.07) is 7.52. The maximum absolute atomic E-state index is 5.11. The SMILES string of the molecule is CCc1noc(-c2ccc(OC)cc2)n1. The van der Waals surface area contributed by atoms with E-state index in [9.17, 15) is 0 Å². The van der Waals surface area contributed by atoms with Gasteiger partial charge in [-0.15, -0.1) is 0 Å². The van der Waals surface area contributed by atoms with Gasteiger partial charge >= 0.3 is 0 Å². The molecule has 2 rings (SSSR count). The molecule has 1 aromatic carbocycles. The lowest BCUT2D eigenvalue weighted by Crippen LogP contribution is -1.84. The average molecular weight is 204 g/mol. The first-order valence-corrected chi connectivity index (χ1v) is 4.80. The molecule has 1 heterocycles. The van der Waals surface area contributed by atoms with E-state index < -0.39 is 0 Å². The van der Waals surface area contributed by atoms with Crippen LogP contribution in [0.4, 0.5) is 0 Å². The minimum atomic E-state index is 0.550. The highest BCUT2D eigenvalue weighted by Gasteiger charge is 2.06. The van der Waals surface area contributed by atoms with Crippen LogP contribution >= 0.6 is 0 Å². The lowest BCUT2D eigenvalue weighted by atomic mass is 10.2. The molecule has 2 aromatic rings. The van der Waals surface area contributed by atoms with E-state index >= 15 is 0 Å². The summed E-state index contributed by atoms with van der Waals surface area (Å²) in [4.78, 5) is 4.24. The van der Waals surface area contributed by atoms with Crippen LogP contribution in [0.5, 0.6) is 5.75 Å². The normalized spacial score (nSPS) is 10.3. The molecular formula is C11H12N2O2. The molecule has 0 radical (unpaired) electrons. The first kappa shape index (κ1) is 9.71. The number of benzene rings is 1. The van der Waals surface area contributed by atoms with Crippen molar-refractivity contribution >= 4 is 0 Å². The molecule has 0 bridgehead atoms. The number of hydrogen-bond acceptors (Lipinski definition) is 4. The highest BCUT2D eigenvalue weighted by molar-refractivity contribution is 5.54. The Kier molecular flexibility index (Phi) is 2.67. The van der Waals surface area contributed by atoms with Crippen molar-refractivity contribution in [1.29, 1.82) is 0 Å². The van der Waals surface area contributed by atoms with Crippen LogP contribution in [0.2, 0.25) is 0 Å². The van der Waals surface area contributed by atoms with E-state index in [4.69, 9.17) is 9.26 Å². The third-order valence-corrected chi connectivity index (χ3v) is 2.12. The Hall–Kier alpha value is -1.84. The van der Waals surface area contributed by atoms with E-state index in [1.165, 1.54) is 0 Å². The summed E-state index contributed by atoms with van der Waals surface area (Å²) < 4.78 is 10.2. The summed E-state index contributed by atoms with van der Waals surface area (Å²) >= 11 is 0. The van der Waals surface area contributed by atoms with Crippen molar-refractivity contribution in [3.05, 3.63) is 30.1 Å². The first-order valence-electron chi connectivity index (χ1n) is 4.80. The van der Waals surface area contributed by atoms with Gasteiger partial charge in [-0.1, -0.05) is 12.1 Å². The lowest BCUT2D eigenvalue weighted by molar-refractivity contribution is 0.414. The van der Waals surface area contributed by atoms with E-state index in [0.717, 1.165) is 23.6 Å². The van der Waals surface area contributed by atoms with E-state index in [2.05, 4.69) is 10.1 Å². The number of ether oxygens (including phenoxy) is 1. The van der Waals surface area contributed by atoms with Gasteiger partial charge in [0.2, 0.25) is 0 Å². The zero-order valence-electron chi connectivity index (χ0n) is 8.73. The number of rotatable bonds is 3. The molecule has 0 aliphatic rings. The monoisotopic (exact) mass is 204 g/mol. The lowest BCUT2D eigenvalue weighted by Gasteiger charge is -1.98. The molecule has 0 saturated heterocycles. The van der Waals surface area contributed by atoms with Crippen LogP contribution in [0.25, 0.3) is 11.5 Å². The van der Waals surface area contributed by atoms with Gasteiger partial charge in [-0.3, -0.25) is 0 Å². The van der Waals surface area contributed by atoms with Crippen LogP contribution in [0.15, 0.2) is 28.8 Å². The Bertz CT molecular complexity index is 434. The molecule has 0 aliphatic heterocycles. The molecule has 15 heavy (non-hydrogen) atoms. The molecule has 0 amide bonds. The largest absolute Gasteiger partial charge is 0.497 e. The minimum Gasteiger partial charge on any atom is -0.497 e. The molecule has 0 fully saturated rings. The van der Waals surface area contributed by atoms with E-state index in [-0.39, 0.29) is 0 Å². The van der Waals surface area contributed by atoms with Crippen LogP contribution in [-0.2, 0) is 6.42 Å². The van der Waals surface area contributed by atoms with Gasteiger partial charge in [0.1, 0.15) is 5.75 Å². The summed E-state index contributed by atoms with van der Waals surface area (Å²) in [6.45, 7) is 1.99. The molecule has 1 aromatic heterocycles. The molecule has 0 atom stereocenters. The summed E-state index contributed by atoms with van der Waals surface area (Å²) in [5, 5.41) is 3.84. The number of aromatic nitrogens is 2. The van der Waals surface area contributed by atoms with Crippen molar-refractivity contribution in [3.63, 3.8) is 0 Å². The van der Waals surface area contributed by atoms with Crippen LogP contribution in [-0.4, -0.2) is 17.3 Å². The highest BCUT2D eigenvalue weighted by Crippen LogP contribution is 2.20. The van der Waals surface area contributed by atoms with Crippen molar-refractivity contribution in [3.8, 4) is 17.2 Å².